The average molecular weight is 355 g/mol. The second-order valence-electron chi connectivity index (χ2n) is 4.30. The number of halogens is 1. The van der Waals surface area contributed by atoms with Gasteiger partial charge in [-0.3, -0.25) is 9.29 Å². The minimum Gasteiger partial charge on any atom is -0.266 e. The van der Waals surface area contributed by atoms with Crippen molar-refractivity contribution in [2.45, 2.75) is 18.7 Å². The number of nitrogens with zero attached hydrogens (tertiary/aromatic N) is 2. The number of benzene rings is 1. The van der Waals surface area contributed by atoms with Gasteiger partial charge in [0.05, 0.1) is 5.69 Å². The molecule has 0 aliphatic carbocycles. The summed E-state index contributed by atoms with van der Waals surface area (Å²) in [6, 6.07) is 8.98. The van der Waals surface area contributed by atoms with Crippen LogP contribution in [0.2, 0.25) is 0 Å². The van der Waals surface area contributed by atoms with Crippen LogP contribution in [0, 0.1) is 6.92 Å². The van der Waals surface area contributed by atoms with Crippen LogP contribution in [0.5, 0.6) is 0 Å². The van der Waals surface area contributed by atoms with E-state index in [4.69, 9.17) is 0 Å². The zero-order valence-electron chi connectivity index (χ0n) is 11.2. The van der Waals surface area contributed by atoms with E-state index in [2.05, 4.69) is 20.9 Å². The Bertz CT molecular complexity index is 717. The smallest absolute Gasteiger partial charge is 0.265 e. The summed E-state index contributed by atoms with van der Waals surface area (Å²) in [6.07, 6.45) is 2.92. The molecule has 2 aromatic rings. The molecule has 0 fully saturated rings. The number of aryl methyl sites for hydroxylation is 1. The first-order valence-corrected chi connectivity index (χ1v) is 8.39. The van der Waals surface area contributed by atoms with Gasteiger partial charge in [0.1, 0.15) is 4.90 Å². The second kappa shape index (κ2) is 5.93. The quantitative estimate of drug-likeness (QED) is 0.845. The summed E-state index contributed by atoms with van der Waals surface area (Å²) in [5.41, 5.74) is 1.61. The minimum atomic E-state index is -3.61. The number of hydrogen-bond donors (Lipinski definition) is 0. The zero-order chi connectivity index (χ0) is 14.8. The molecular formula is C14H15BrN2O2S. The van der Waals surface area contributed by atoms with Gasteiger partial charge < -0.3 is 0 Å². The molecule has 0 saturated heterocycles. The fourth-order valence-electron chi connectivity index (χ4n) is 1.97. The van der Waals surface area contributed by atoms with Crippen LogP contribution in [0.15, 0.2) is 52.1 Å². The third-order valence-corrected chi connectivity index (χ3v) is 5.23. The molecule has 1 aromatic carbocycles. The van der Waals surface area contributed by atoms with Gasteiger partial charge in [-0.1, -0.05) is 18.2 Å². The van der Waals surface area contributed by atoms with Crippen molar-refractivity contribution in [3.8, 4) is 0 Å². The molecule has 0 unspecified atom stereocenters. The van der Waals surface area contributed by atoms with Crippen LogP contribution in [-0.2, 0) is 10.0 Å². The molecular weight excluding hydrogens is 340 g/mol. The maximum atomic E-state index is 12.7. The Balaban J connectivity index is 2.54. The van der Waals surface area contributed by atoms with Crippen molar-refractivity contribution in [1.82, 2.24) is 4.98 Å². The molecule has 0 aliphatic rings. The summed E-state index contributed by atoms with van der Waals surface area (Å²) in [5, 5.41) is 0. The van der Waals surface area contributed by atoms with Crippen LogP contribution >= 0.6 is 15.9 Å². The maximum absolute atomic E-state index is 12.7. The zero-order valence-corrected chi connectivity index (χ0v) is 13.6. The Labute approximate surface area is 127 Å². The monoisotopic (exact) mass is 354 g/mol. The average Bonchev–Trinajstić information content (AvgIpc) is 2.41. The topological polar surface area (TPSA) is 50.3 Å². The van der Waals surface area contributed by atoms with Crippen molar-refractivity contribution >= 4 is 31.6 Å². The van der Waals surface area contributed by atoms with Gasteiger partial charge >= 0.3 is 0 Å². The summed E-state index contributed by atoms with van der Waals surface area (Å²) < 4.78 is 27.5. The second-order valence-corrected chi connectivity index (χ2v) is 7.07. The summed E-state index contributed by atoms with van der Waals surface area (Å²) in [7, 11) is -3.61. The molecule has 0 atom stereocenters. The van der Waals surface area contributed by atoms with Crippen molar-refractivity contribution in [1.29, 1.82) is 0 Å². The van der Waals surface area contributed by atoms with Gasteiger partial charge in [-0.25, -0.2) is 8.42 Å². The summed E-state index contributed by atoms with van der Waals surface area (Å²) >= 11 is 3.25. The number of sulfonamides is 1. The van der Waals surface area contributed by atoms with Gasteiger partial charge in [0.2, 0.25) is 0 Å². The van der Waals surface area contributed by atoms with Gasteiger partial charge in [0.15, 0.2) is 0 Å². The van der Waals surface area contributed by atoms with Crippen molar-refractivity contribution in [3.63, 3.8) is 0 Å². The molecule has 6 heteroatoms. The van der Waals surface area contributed by atoms with Gasteiger partial charge in [-0.2, -0.15) is 0 Å². The molecule has 2 rings (SSSR count). The first-order valence-electron chi connectivity index (χ1n) is 6.15. The van der Waals surface area contributed by atoms with Crippen LogP contribution in [-0.4, -0.2) is 19.9 Å². The Kier molecular flexibility index (Phi) is 4.45. The highest BCUT2D eigenvalue weighted by Gasteiger charge is 2.25. The largest absolute Gasteiger partial charge is 0.266 e. The van der Waals surface area contributed by atoms with Crippen LogP contribution in [0.1, 0.15) is 12.5 Å². The highest BCUT2D eigenvalue weighted by molar-refractivity contribution is 9.10. The summed E-state index contributed by atoms with van der Waals surface area (Å²) in [6.45, 7) is 4.07. The molecule has 0 radical (unpaired) electrons. The number of pyridine rings is 1. The van der Waals surface area contributed by atoms with E-state index in [1.54, 1.807) is 12.3 Å². The molecule has 106 valence electrons. The number of aromatic nitrogens is 1. The Morgan fingerprint density at radius 1 is 1.25 bits per heavy atom. The summed E-state index contributed by atoms with van der Waals surface area (Å²) in [5.74, 6) is 0. The van der Waals surface area contributed by atoms with Gasteiger partial charge in [-0.15, -0.1) is 0 Å². The molecule has 0 saturated carbocycles. The van der Waals surface area contributed by atoms with Crippen LogP contribution in [0.3, 0.4) is 0 Å². The van der Waals surface area contributed by atoms with Crippen molar-refractivity contribution in [3.05, 3.63) is 52.8 Å². The third kappa shape index (κ3) is 2.86. The number of para-hydroxylation sites is 1. The molecule has 0 bridgehead atoms. The third-order valence-electron chi connectivity index (χ3n) is 2.94. The van der Waals surface area contributed by atoms with Crippen molar-refractivity contribution in [2.75, 3.05) is 10.8 Å². The van der Waals surface area contributed by atoms with E-state index in [1.165, 1.54) is 10.5 Å². The highest BCUT2D eigenvalue weighted by atomic mass is 79.9. The van der Waals surface area contributed by atoms with Gasteiger partial charge in [0.25, 0.3) is 10.0 Å². The molecule has 0 amide bonds. The Morgan fingerprint density at radius 2 is 1.95 bits per heavy atom. The highest BCUT2D eigenvalue weighted by Crippen LogP contribution is 2.27. The fourth-order valence-corrected chi connectivity index (χ4v) is 4.02. The molecule has 20 heavy (non-hydrogen) atoms. The number of hydrogen-bond acceptors (Lipinski definition) is 3. The van der Waals surface area contributed by atoms with Crippen LogP contribution in [0.25, 0.3) is 0 Å². The molecule has 1 heterocycles. The summed E-state index contributed by atoms with van der Waals surface area (Å²) in [4.78, 5) is 4.11. The SMILES string of the molecule is CCN(c1ccccc1C)S(=O)(=O)c1cncc(Br)c1. The minimum absolute atomic E-state index is 0.178. The Morgan fingerprint density at radius 3 is 2.55 bits per heavy atom. The standard InChI is InChI=1S/C14H15BrN2O2S/c1-3-17(14-7-5-4-6-11(14)2)20(18,19)13-8-12(15)9-16-10-13/h4-10H,3H2,1-2H3. The Hall–Kier alpha value is -1.40. The lowest BCUT2D eigenvalue weighted by Gasteiger charge is -2.24. The molecule has 0 spiro atoms. The van der Waals surface area contributed by atoms with E-state index in [1.807, 2.05) is 38.1 Å². The number of anilines is 1. The van der Waals surface area contributed by atoms with Gasteiger partial charge in [0, 0.05) is 23.4 Å². The van der Waals surface area contributed by atoms with E-state index in [0.29, 0.717) is 16.7 Å². The lowest BCUT2D eigenvalue weighted by molar-refractivity contribution is 0.591. The maximum Gasteiger partial charge on any atom is 0.265 e. The molecule has 4 nitrogen and oxygen atoms in total. The molecule has 0 N–H and O–H groups in total. The van der Waals surface area contributed by atoms with E-state index in [9.17, 15) is 8.42 Å². The van der Waals surface area contributed by atoms with Crippen molar-refractivity contribution in [2.24, 2.45) is 0 Å². The van der Waals surface area contributed by atoms with E-state index in [-0.39, 0.29) is 4.90 Å². The lowest BCUT2D eigenvalue weighted by Crippen LogP contribution is -2.31. The first kappa shape index (κ1) is 15.0. The fraction of sp³-hybridized carbons (Fsp3) is 0.214. The van der Waals surface area contributed by atoms with Crippen molar-refractivity contribution < 1.29 is 8.42 Å². The predicted octanol–water partition coefficient (Wildman–Crippen LogP) is 3.37. The van der Waals surface area contributed by atoms with E-state index in [0.717, 1.165) is 5.56 Å². The van der Waals surface area contributed by atoms with Crippen LogP contribution < -0.4 is 4.31 Å². The van der Waals surface area contributed by atoms with E-state index < -0.39 is 10.0 Å². The lowest BCUT2D eigenvalue weighted by atomic mass is 10.2. The molecule has 1 aromatic heterocycles. The normalized spacial score (nSPS) is 11.3. The predicted molar refractivity (Wildman–Crippen MR) is 83.3 cm³/mol. The first-order chi connectivity index (χ1) is 9.46. The van der Waals surface area contributed by atoms with Crippen LogP contribution in [0.4, 0.5) is 5.69 Å². The van der Waals surface area contributed by atoms with E-state index >= 15 is 0 Å². The molecule has 0 aliphatic heterocycles. The number of rotatable bonds is 4. The van der Waals surface area contributed by atoms with Gasteiger partial charge in [-0.05, 0) is 47.5 Å².